The fraction of sp³-hybridized carbons (Fsp3) is 1.00. The Morgan fingerprint density at radius 1 is 1.45 bits per heavy atom. The standard InChI is InChI=1S/C7H18O3Si/c1-4-7(8)5-10-6-11(2,3)9/h7-9H,4-6H2,1-3H3. The first-order chi connectivity index (χ1) is 4.95. The van der Waals surface area contributed by atoms with Crippen LogP contribution in [0.15, 0.2) is 0 Å². The lowest BCUT2D eigenvalue weighted by molar-refractivity contribution is 0.0491. The molecule has 0 radical (unpaired) electrons. The summed E-state index contributed by atoms with van der Waals surface area (Å²) in [6.45, 7) is 5.86. The van der Waals surface area contributed by atoms with Crippen molar-refractivity contribution in [3.63, 3.8) is 0 Å². The van der Waals surface area contributed by atoms with Crippen LogP contribution in [-0.2, 0) is 4.74 Å². The minimum Gasteiger partial charge on any atom is -0.430 e. The fourth-order valence-corrected chi connectivity index (χ4v) is 1.18. The van der Waals surface area contributed by atoms with E-state index in [4.69, 9.17) is 9.84 Å². The van der Waals surface area contributed by atoms with Gasteiger partial charge in [0.1, 0.15) is 0 Å². The molecule has 0 aromatic rings. The molecule has 2 N–H and O–H groups in total. The molecule has 0 aliphatic rings. The average molecular weight is 178 g/mol. The number of rotatable bonds is 5. The van der Waals surface area contributed by atoms with Gasteiger partial charge in [-0.3, -0.25) is 0 Å². The number of aliphatic hydroxyl groups is 1. The van der Waals surface area contributed by atoms with Crippen molar-refractivity contribution in [1.82, 2.24) is 0 Å². The lowest BCUT2D eigenvalue weighted by atomic mass is 10.3. The van der Waals surface area contributed by atoms with Crippen molar-refractivity contribution < 1.29 is 14.6 Å². The SMILES string of the molecule is CCC(O)COC[Si](C)(C)O. The lowest BCUT2D eigenvalue weighted by Crippen LogP contribution is -2.34. The zero-order chi connectivity index (χ0) is 8.91. The third kappa shape index (κ3) is 8.00. The molecule has 0 aliphatic heterocycles. The Labute approximate surface area is 69.1 Å². The number of ether oxygens (including phenoxy) is 1. The molecule has 11 heavy (non-hydrogen) atoms. The third-order valence-corrected chi connectivity index (χ3v) is 2.15. The van der Waals surface area contributed by atoms with Crippen LogP contribution in [0.4, 0.5) is 0 Å². The summed E-state index contributed by atoms with van der Waals surface area (Å²) in [4.78, 5) is 9.34. The van der Waals surface area contributed by atoms with Crippen molar-refractivity contribution in [3.05, 3.63) is 0 Å². The van der Waals surface area contributed by atoms with Gasteiger partial charge in [-0.15, -0.1) is 0 Å². The molecule has 0 aliphatic carbocycles. The smallest absolute Gasteiger partial charge is 0.207 e. The molecule has 0 saturated heterocycles. The van der Waals surface area contributed by atoms with Gasteiger partial charge >= 0.3 is 0 Å². The third-order valence-electron chi connectivity index (χ3n) is 1.24. The number of hydrogen-bond donors (Lipinski definition) is 2. The number of aliphatic hydroxyl groups excluding tert-OH is 1. The highest BCUT2D eigenvalue weighted by Gasteiger charge is 2.17. The van der Waals surface area contributed by atoms with Gasteiger partial charge < -0.3 is 14.6 Å². The Morgan fingerprint density at radius 3 is 2.36 bits per heavy atom. The van der Waals surface area contributed by atoms with Crippen LogP contribution in [0.2, 0.25) is 13.1 Å². The molecule has 3 nitrogen and oxygen atoms in total. The first-order valence-electron chi connectivity index (χ1n) is 3.94. The highest BCUT2D eigenvalue weighted by atomic mass is 28.4. The topological polar surface area (TPSA) is 49.7 Å². The van der Waals surface area contributed by atoms with Crippen LogP contribution in [0.1, 0.15) is 13.3 Å². The van der Waals surface area contributed by atoms with Crippen molar-refractivity contribution in [1.29, 1.82) is 0 Å². The molecule has 0 heterocycles. The second kappa shape index (κ2) is 4.87. The van der Waals surface area contributed by atoms with Gasteiger partial charge in [-0.25, -0.2) is 0 Å². The van der Waals surface area contributed by atoms with E-state index >= 15 is 0 Å². The average Bonchev–Trinajstić information content (AvgIpc) is 1.85. The minimum atomic E-state index is -2.07. The first-order valence-corrected chi connectivity index (χ1v) is 7.09. The van der Waals surface area contributed by atoms with Gasteiger partial charge in [0.05, 0.1) is 18.9 Å². The van der Waals surface area contributed by atoms with Gasteiger partial charge in [-0.2, -0.15) is 0 Å². The molecular formula is C7H18O3Si. The normalized spacial score (nSPS) is 15.0. The highest BCUT2D eigenvalue weighted by Crippen LogP contribution is 1.98. The molecule has 4 heteroatoms. The van der Waals surface area contributed by atoms with E-state index < -0.39 is 8.32 Å². The summed E-state index contributed by atoms with van der Waals surface area (Å²) in [6, 6.07) is 0. The van der Waals surface area contributed by atoms with Gasteiger partial charge in [0.25, 0.3) is 0 Å². The summed E-state index contributed by atoms with van der Waals surface area (Å²) in [5.74, 6) is 0. The molecule has 0 fully saturated rings. The molecule has 68 valence electrons. The predicted octanol–water partition coefficient (Wildman–Crippen LogP) is 0.510. The first kappa shape index (κ1) is 11.1. The molecule has 1 atom stereocenters. The van der Waals surface area contributed by atoms with Crippen molar-refractivity contribution in [2.75, 3.05) is 12.8 Å². The maximum absolute atomic E-state index is 9.34. The summed E-state index contributed by atoms with van der Waals surface area (Å²) >= 11 is 0. The zero-order valence-electron chi connectivity index (χ0n) is 7.50. The van der Waals surface area contributed by atoms with Crippen LogP contribution in [0.3, 0.4) is 0 Å². The van der Waals surface area contributed by atoms with E-state index in [1.807, 2.05) is 20.0 Å². The van der Waals surface area contributed by atoms with Crippen molar-refractivity contribution >= 4 is 8.32 Å². The maximum atomic E-state index is 9.34. The van der Waals surface area contributed by atoms with Crippen LogP contribution in [0, 0.1) is 0 Å². The van der Waals surface area contributed by atoms with Gasteiger partial charge in [-0.1, -0.05) is 6.92 Å². The molecular weight excluding hydrogens is 160 g/mol. The van der Waals surface area contributed by atoms with Crippen LogP contribution in [-0.4, -0.2) is 37.2 Å². The second-order valence-electron chi connectivity index (χ2n) is 3.39. The number of hydrogen-bond acceptors (Lipinski definition) is 3. The largest absolute Gasteiger partial charge is 0.430 e. The van der Waals surface area contributed by atoms with Crippen molar-refractivity contribution in [3.8, 4) is 0 Å². The molecule has 0 bridgehead atoms. The Bertz CT molecular complexity index is 100. The molecule has 0 spiro atoms. The van der Waals surface area contributed by atoms with E-state index in [9.17, 15) is 4.80 Å². The summed E-state index contributed by atoms with van der Waals surface area (Å²) in [5.41, 5.74) is 0. The Balaban J connectivity index is 3.28. The van der Waals surface area contributed by atoms with Crippen LogP contribution in [0.5, 0.6) is 0 Å². The summed E-state index contributed by atoms with van der Waals surface area (Å²) in [5, 5.41) is 9.06. The van der Waals surface area contributed by atoms with Crippen molar-refractivity contribution in [2.45, 2.75) is 32.5 Å². The van der Waals surface area contributed by atoms with Crippen LogP contribution in [0.25, 0.3) is 0 Å². The molecule has 0 aromatic carbocycles. The van der Waals surface area contributed by atoms with Crippen molar-refractivity contribution in [2.24, 2.45) is 0 Å². The van der Waals surface area contributed by atoms with E-state index in [2.05, 4.69) is 0 Å². The van der Waals surface area contributed by atoms with Gasteiger partial charge in [0, 0.05) is 0 Å². The van der Waals surface area contributed by atoms with Crippen LogP contribution < -0.4 is 0 Å². The summed E-state index contributed by atoms with van der Waals surface area (Å²) in [6.07, 6.45) is 0.726. The summed E-state index contributed by atoms with van der Waals surface area (Å²) in [7, 11) is -2.07. The van der Waals surface area contributed by atoms with E-state index in [1.165, 1.54) is 0 Å². The molecule has 0 rings (SSSR count). The maximum Gasteiger partial charge on any atom is 0.207 e. The molecule has 1 unspecified atom stereocenters. The van der Waals surface area contributed by atoms with Gasteiger partial charge in [-0.05, 0) is 19.5 Å². The predicted molar refractivity (Wildman–Crippen MR) is 46.8 cm³/mol. The minimum absolute atomic E-state index is 0.341. The Morgan fingerprint density at radius 2 is 2.00 bits per heavy atom. The second-order valence-corrected chi connectivity index (χ2v) is 7.30. The lowest BCUT2D eigenvalue weighted by Gasteiger charge is -2.15. The highest BCUT2D eigenvalue weighted by molar-refractivity contribution is 6.69. The monoisotopic (exact) mass is 178 g/mol. The van der Waals surface area contributed by atoms with E-state index in [0.717, 1.165) is 0 Å². The Kier molecular flexibility index (Phi) is 4.91. The van der Waals surface area contributed by atoms with Gasteiger partial charge in [0.2, 0.25) is 8.32 Å². The van der Waals surface area contributed by atoms with Crippen LogP contribution >= 0.6 is 0 Å². The molecule has 0 saturated carbocycles. The Hall–Kier alpha value is 0.0969. The van der Waals surface area contributed by atoms with Gasteiger partial charge in [0.15, 0.2) is 0 Å². The zero-order valence-corrected chi connectivity index (χ0v) is 8.50. The quantitative estimate of drug-likeness (QED) is 0.603. The van der Waals surface area contributed by atoms with E-state index in [0.29, 0.717) is 19.3 Å². The fourth-order valence-electron chi connectivity index (χ4n) is 0.563. The van der Waals surface area contributed by atoms with E-state index in [1.54, 1.807) is 0 Å². The molecule has 0 aromatic heterocycles. The van der Waals surface area contributed by atoms with E-state index in [-0.39, 0.29) is 6.10 Å². The molecule has 0 amide bonds. The summed E-state index contributed by atoms with van der Waals surface area (Å²) < 4.78 is 5.11.